The van der Waals surface area contributed by atoms with Gasteiger partial charge >= 0.3 is 0 Å². The number of phenolic OH excluding ortho intramolecular Hbond substituents is 1. The molecule has 5 nitrogen and oxygen atoms in total. The van der Waals surface area contributed by atoms with Gasteiger partial charge in [0.25, 0.3) is 5.91 Å². The highest BCUT2D eigenvalue weighted by Crippen LogP contribution is 2.45. The van der Waals surface area contributed by atoms with Gasteiger partial charge in [0.15, 0.2) is 0 Å². The second-order valence-corrected chi connectivity index (χ2v) is 8.20. The molecule has 1 spiro atoms. The van der Waals surface area contributed by atoms with E-state index in [-0.39, 0.29) is 28.9 Å². The molecule has 5 heteroatoms. The Morgan fingerprint density at radius 1 is 1.04 bits per heavy atom. The molecular formula is C23H26N2O3. The Balaban J connectivity index is 1.47. The summed E-state index contributed by atoms with van der Waals surface area (Å²) in [5.41, 5.74) is 1.75. The first-order valence-corrected chi connectivity index (χ1v) is 9.86. The summed E-state index contributed by atoms with van der Waals surface area (Å²) >= 11 is 0. The van der Waals surface area contributed by atoms with E-state index in [1.807, 2.05) is 47.2 Å². The van der Waals surface area contributed by atoms with Gasteiger partial charge in [-0.15, -0.1) is 0 Å². The van der Waals surface area contributed by atoms with E-state index in [2.05, 4.69) is 0 Å². The topological polar surface area (TPSA) is 60.9 Å². The van der Waals surface area contributed by atoms with Crippen molar-refractivity contribution in [3.63, 3.8) is 0 Å². The molecule has 28 heavy (non-hydrogen) atoms. The van der Waals surface area contributed by atoms with Crippen LogP contribution in [-0.2, 0) is 4.79 Å². The lowest BCUT2D eigenvalue weighted by atomic mass is 9.67. The summed E-state index contributed by atoms with van der Waals surface area (Å²) in [4.78, 5) is 29.3. The summed E-state index contributed by atoms with van der Waals surface area (Å²) in [6.45, 7) is 2.16. The van der Waals surface area contributed by atoms with E-state index in [9.17, 15) is 14.7 Å². The van der Waals surface area contributed by atoms with Crippen LogP contribution in [0.4, 0.5) is 0 Å². The average molecular weight is 378 g/mol. The van der Waals surface area contributed by atoms with Crippen LogP contribution in [-0.4, -0.2) is 53.4 Å². The third kappa shape index (κ3) is 3.49. The molecule has 2 amide bonds. The fraction of sp³-hybridized carbons (Fsp3) is 0.391. The van der Waals surface area contributed by atoms with Crippen molar-refractivity contribution in [2.24, 2.45) is 5.41 Å². The van der Waals surface area contributed by atoms with E-state index >= 15 is 0 Å². The quantitative estimate of drug-likeness (QED) is 0.873. The number of hydrogen-bond donors (Lipinski definition) is 1. The molecule has 1 N–H and O–H groups in total. The number of carbonyl (C=O) groups is 2. The van der Waals surface area contributed by atoms with Crippen molar-refractivity contribution in [2.75, 3.05) is 26.7 Å². The number of phenols is 1. The van der Waals surface area contributed by atoms with Crippen molar-refractivity contribution in [1.82, 2.24) is 9.80 Å². The molecule has 0 radical (unpaired) electrons. The van der Waals surface area contributed by atoms with Crippen LogP contribution in [0.3, 0.4) is 0 Å². The van der Waals surface area contributed by atoms with Crippen LogP contribution < -0.4 is 0 Å². The van der Waals surface area contributed by atoms with Crippen LogP contribution in [0.1, 0.15) is 41.1 Å². The number of benzene rings is 2. The van der Waals surface area contributed by atoms with Crippen molar-refractivity contribution < 1.29 is 14.7 Å². The number of likely N-dealkylation sites (tertiary alicyclic amines) is 2. The van der Waals surface area contributed by atoms with Gasteiger partial charge in [-0.05, 0) is 54.5 Å². The van der Waals surface area contributed by atoms with Crippen molar-refractivity contribution >= 4 is 11.8 Å². The number of carbonyl (C=O) groups excluding carboxylic acids is 2. The number of likely N-dealkylation sites (N-methyl/N-ethyl adjacent to an activating group) is 1. The molecule has 0 aliphatic carbocycles. The third-order valence-electron chi connectivity index (χ3n) is 6.31. The molecule has 146 valence electrons. The van der Waals surface area contributed by atoms with Crippen LogP contribution in [0.2, 0.25) is 0 Å². The molecule has 2 heterocycles. The Morgan fingerprint density at radius 3 is 2.32 bits per heavy atom. The molecule has 2 aliphatic rings. The monoisotopic (exact) mass is 378 g/mol. The zero-order valence-electron chi connectivity index (χ0n) is 16.2. The predicted molar refractivity (Wildman–Crippen MR) is 107 cm³/mol. The third-order valence-corrected chi connectivity index (χ3v) is 6.31. The highest BCUT2D eigenvalue weighted by Gasteiger charge is 2.45. The van der Waals surface area contributed by atoms with Gasteiger partial charge in [0, 0.05) is 32.2 Å². The van der Waals surface area contributed by atoms with Crippen LogP contribution >= 0.6 is 0 Å². The van der Waals surface area contributed by atoms with Crippen molar-refractivity contribution in [2.45, 2.75) is 25.2 Å². The van der Waals surface area contributed by atoms with E-state index < -0.39 is 0 Å². The van der Waals surface area contributed by atoms with Crippen molar-refractivity contribution in [1.29, 1.82) is 0 Å². The molecule has 2 fully saturated rings. The van der Waals surface area contributed by atoms with E-state index in [4.69, 9.17) is 0 Å². The highest BCUT2D eigenvalue weighted by molar-refractivity contribution is 5.94. The molecule has 0 unspecified atom stereocenters. The number of aromatic hydroxyl groups is 1. The fourth-order valence-corrected chi connectivity index (χ4v) is 4.71. The van der Waals surface area contributed by atoms with E-state index in [1.54, 1.807) is 24.3 Å². The van der Waals surface area contributed by atoms with Gasteiger partial charge in [-0.3, -0.25) is 9.59 Å². The predicted octanol–water partition coefficient (Wildman–Crippen LogP) is 3.26. The van der Waals surface area contributed by atoms with Crippen LogP contribution in [0, 0.1) is 5.41 Å². The van der Waals surface area contributed by atoms with Gasteiger partial charge in [0.1, 0.15) is 5.75 Å². The normalized spacial score (nSPS) is 21.8. The fourth-order valence-electron chi connectivity index (χ4n) is 4.71. The van der Waals surface area contributed by atoms with Crippen molar-refractivity contribution in [3.8, 4) is 5.75 Å². The maximum Gasteiger partial charge on any atom is 0.253 e. The minimum absolute atomic E-state index is 0.00898. The first kappa shape index (κ1) is 18.5. The number of nitrogens with zero attached hydrogens (tertiary/aromatic N) is 2. The molecule has 2 aromatic rings. The summed E-state index contributed by atoms with van der Waals surface area (Å²) < 4.78 is 0. The lowest BCUT2D eigenvalue weighted by Gasteiger charge is -2.49. The number of hydrogen-bond acceptors (Lipinski definition) is 3. The van der Waals surface area contributed by atoms with E-state index in [0.717, 1.165) is 31.4 Å². The lowest BCUT2D eigenvalue weighted by Crippen LogP contribution is -2.53. The average Bonchev–Trinajstić information content (AvgIpc) is 2.72. The SMILES string of the molecule is CN1CC2(CCN(C(=O)c3ccc(O)cc3)CC2)C[C@@H](c2ccccc2)C1=O. The zero-order chi connectivity index (χ0) is 19.7. The summed E-state index contributed by atoms with van der Waals surface area (Å²) in [7, 11) is 1.90. The van der Waals surface area contributed by atoms with Crippen LogP contribution in [0.25, 0.3) is 0 Å². The minimum atomic E-state index is -0.0979. The standard InChI is InChI=1S/C23H26N2O3/c1-24-16-23(15-20(22(24)28)17-5-3-2-4-6-17)11-13-25(14-12-23)21(27)18-7-9-19(26)10-8-18/h2-10,20,26H,11-16H2,1H3/t20-/m0/s1. The van der Waals surface area contributed by atoms with Gasteiger partial charge in [-0.25, -0.2) is 0 Å². The minimum Gasteiger partial charge on any atom is -0.508 e. The molecule has 0 bridgehead atoms. The molecule has 2 aliphatic heterocycles. The molecule has 0 saturated carbocycles. The van der Waals surface area contributed by atoms with Gasteiger partial charge in [0.05, 0.1) is 5.92 Å². The first-order valence-electron chi connectivity index (χ1n) is 9.86. The summed E-state index contributed by atoms with van der Waals surface area (Å²) in [6, 6.07) is 16.5. The molecule has 1 atom stereocenters. The van der Waals surface area contributed by atoms with Gasteiger partial charge in [0.2, 0.25) is 5.91 Å². The number of amides is 2. The smallest absolute Gasteiger partial charge is 0.253 e. The first-order chi connectivity index (χ1) is 13.5. The summed E-state index contributed by atoms with van der Waals surface area (Å²) in [5.74, 6) is 0.268. The molecule has 2 aromatic carbocycles. The van der Waals surface area contributed by atoms with Gasteiger partial charge in [-0.1, -0.05) is 30.3 Å². The molecule has 0 aromatic heterocycles. The maximum absolute atomic E-state index is 12.8. The largest absolute Gasteiger partial charge is 0.508 e. The second kappa shape index (κ2) is 7.30. The Labute approximate surface area is 165 Å². The Hall–Kier alpha value is -2.82. The zero-order valence-corrected chi connectivity index (χ0v) is 16.2. The van der Waals surface area contributed by atoms with Crippen molar-refractivity contribution in [3.05, 3.63) is 65.7 Å². The molecule has 2 saturated heterocycles. The maximum atomic E-state index is 12.8. The number of rotatable bonds is 2. The molecular weight excluding hydrogens is 352 g/mol. The Morgan fingerprint density at radius 2 is 1.68 bits per heavy atom. The Bertz CT molecular complexity index is 855. The summed E-state index contributed by atoms with van der Waals surface area (Å²) in [5, 5.41) is 9.42. The lowest BCUT2D eigenvalue weighted by molar-refractivity contribution is -0.139. The van der Waals surface area contributed by atoms with Crippen LogP contribution in [0.5, 0.6) is 5.75 Å². The number of piperidine rings is 2. The van der Waals surface area contributed by atoms with Gasteiger partial charge in [-0.2, -0.15) is 0 Å². The van der Waals surface area contributed by atoms with E-state index in [1.165, 1.54) is 0 Å². The highest BCUT2D eigenvalue weighted by atomic mass is 16.3. The van der Waals surface area contributed by atoms with E-state index in [0.29, 0.717) is 18.7 Å². The van der Waals surface area contributed by atoms with Gasteiger partial charge < -0.3 is 14.9 Å². The second-order valence-electron chi connectivity index (χ2n) is 8.20. The molecule has 4 rings (SSSR count). The summed E-state index contributed by atoms with van der Waals surface area (Å²) in [6.07, 6.45) is 2.65. The van der Waals surface area contributed by atoms with Crippen LogP contribution in [0.15, 0.2) is 54.6 Å². The Kier molecular flexibility index (Phi) is 4.84.